The van der Waals surface area contributed by atoms with Crippen molar-refractivity contribution in [3.05, 3.63) is 36.2 Å². The molecule has 1 aromatic rings. The van der Waals surface area contributed by atoms with E-state index in [4.69, 9.17) is 0 Å². The number of alkyl halides is 1. The Morgan fingerprint density at radius 3 is 2.73 bits per heavy atom. The summed E-state index contributed by atoms with van der Waals surface area (Å²) in [4.78, 5) is 3.88. The Balaban J connectivity index is 2.91. The lowest BCUT2D eigenvalue weighted by atomic mass is 10.1. The molecule has 0 aliphatic rings. The van der Waals surface area contributed by atoms with Crippen LogP contribution < -0.4 is 0 Å². The highest BCUT2D eigenvalue weighted by Gasteiger charge is 1.94. The Morgan fingerprint density at radius 1 is 1.64 bits per heavy atom. The van der Waals surface area contributed by atoms with E-state index in [9.17, 15) is 4.39 Å². The van der Waals surface area contributed by atoms with E-state index in [1.165, 1.54) is 0 Å². The first kappa shape index (κ1) is 7.92. The number of hydrogen-bond donors (Lipinski definition) is 0. The van der Waals surface area contributed by atoms with Crippen molar-refractivity contribution in [2.24, 2.45) is 0 Å². The van der Waals surface area contributed by atoms with Gasteiger partial charge in [-0.2, -0.15) is 0 Å². The van der Waals surface area contributed by atoms with Crippen LogP contribution in [-0.2, 0) is 6.67 Å². The summed E-state index contributed by atoms with van der Waals surface area (Å²) in [6.45, 7) is 5.14. The van der Waals surface area contributed by atoms with Crippen LogP contribution in [0.2, 0.25) is 0 Å². The van der Waals surface area contributed by atoms with E-state index >= 15 is 0 Å². The zero-order valence-corrected chi connectivity index (χ0v) is 6.47. The highest BCUT2D eigenvalue weighted by molar-refractivity contribution is 5.60. The standard InChI is InChI=1S/C9H10FN/c1-7(2)8-3-4-9(5-10)11-6-8/h3-4,6H,1,5H2,2H3. The van der Waals surface area contributed by atoms with Gasteiger partial charge in [-0.05, 0) is 24.1 Å². The second kappa shape index (κ2) is 3.28. The zero-order chi connectivity index (χ0) is 8.27. The Labute approximate surface area is 65.6 Å². The lowest BCUT2D eigenvalue weighted by Gasteiger charge is -1.98. The van der Waals surface area contributed by atoms with Crippen molar-refractivity contribution in [1.29, 1.82) is 0 Å². The number of nitrogens with zero attached hydrogens (tertiary/aromatic N) is 1. The van der Waals surface area contributed by atoms with Gasteiger partial charge in [-0.25, -0.2) is 4.39 Å². The molecule has 1 rings (SSSR count). The fourth-order valence-electron chi connectivity index (χ4n) is 0.756. The average molecular weight is 151 g/mol. The first-order valence-corrected chi connectivity index (χ1v) is 3.41. The number of rotatable bonds is 2. The van der Waals surface area contributed by atoms with E-state index in [2.05, 4.69) is 11.6 Å². The van der Waals surface area contributed by atoms with Crippen LogP contribution >= 0.6 is 0 Å². The van der Waals surface area contributed by atoms with Gasteiger partial charge < -0.3 is 0 Å². The van der Waals surface area contributed by atoms with Gasteiger partial charge in [0.15, 0.2) is 0 Å². The van der Waals surface area contributed by atoms with Crippen molar-refractivity contribution in [2.75, 3.05) is 0 Å². The minimum absolute atomic E-state index is 0.468. The molecule has 0 aromatic carbocycles. The largest absolute Gasteiger partial charge is 0.258 e. The molecule has 0 bridgehead atoms. The maximum Gasteiger partial charge on any atom is 0.131 e. The van der Waals surface area contributed by atoms with E-state index in [-0.39, 0.29) is 0 Å². The lowest BCUT2D eigenvalue weighted by molar-refractivity contribution is 0.476. The Kier molecular flexibility index (Phi) is 2.36. The van der Waals surface area contributed by atoms with Crippen LogP contribution in [0.3, 0.4) is 0 Å². The van der Waals surface area contributed by atoms with Crippen LogP contribution in [0.15, 0.2) is 24.9 Å². The predicted octanol–water partition coefficient (Wildman–Crippen LogP) is 2.58. The maximum atomic E-state index is 12.0. The van der Waals surface area contributed by atoms with Crippen molar-refractivity contribution in [1.82, 2.24) is 4.98 Å². The number of hydrogen-bond acceptors (Lipinski definition) is 1. The molecular weight excluding hydrogens is 141 g/mol. The van der Waals surface area contributed by atoms with Gasteiger partial charge in [-0.3, -0.25) is 4.98 Å². The first-order chi connectivity index (χ1) is 5.24. The third-order valence-corrected chi connectivity index (χ3v) is 1.45. The maximum absolute atomic E-state index is 12.0. The van der Waals surface area contributed by atoms with Crippen molar-refractivity contribution >= 4 is 5.57 Å². The van der Waals surface area contributed by atoms with E-state index in [1.807, 2.05) is 13.0 Å². The zero-order valence-electron chi connectivity index (χ0n) is 6.47. The molecule has 1 nitrogen and oxygen atoms in total. The van der Waals surface area contributed by atoms with E-state index < -0.39 is 6.67 Å². The van der Waals surface area contributed by atoms with Crippen LogP contribution in [-0.4, -0.2) is 4.98 Å². The summed E-state index contributed by atoms with van der Waals surface area (Å²) in [5.74, 6) is 0. The van der Waals surface area contributed by atoms with Crippen LogP contribution in [0.25, 0.3) is 5.57 Å². The van der Waals surface area contributed by atoms with Gasteiger partial charge in [0, 0.05) is 6.20 Å². The quantitative estimate of drug-likeness (QED) is 0.633. The molecule has 0 unspecified atom stereocenters. The second-order valence-corrected chi connectivity index (χ2v) is 2.45. The topological polar surface area (TPSA) is 12.9 Å². The van der Waals surface area contributed by atoms with Crippen molar-refractivity contribution < 1.29 is 4.39 Å². The molecule has 11 heavy (non-hydrogen) atoms. The molecular formula is C9H10FN. The van der Waals surface area contributed by atoms with Gasteiger partial charge in [0.1, 0.15) is 6.67 Å². The van der Waals surface area contributed by atoms with Gasteiger partial charge in [0.05, 0.1) is 5.69 Å². The third-order valence-electron chi connectivity index (χ3n) is 1.45. The fraction of sp³-hybridized carbons (Fsp3) is 0.222. The van der Waals surface area contributed by atoms with Gasteiger partial charge in [-0.15, -0.1) is 0 Å². The molecule has 0 amide bonds. The average Bonchev–Trinajstić information content (AvgIpc) is 2.05. The molecule has 1 aromatic heterocycles. The summed E-state index contributed by atoms with van der Waals surface area (Å²) >= 11 is 0. The van der Waals surface area contributed by atoms with Crippen LogP contribution in [0, 0.1) is 0 Å². The highest BCUT2D eigenvalue weighted by atomic mass is 19.1. The monoisotopic (exact) mass is 151 g/mol. The molecule has 1 heterocycles. The van der Waals surface area contributed by atoms with Gasteiger partial charge >= 0.3 is 0 Å². The van der Waals surface area contributed by atoms with E-state index in [0.29, 0.717) is 5.69 Å². The number of allylic oxidation sites excluding steroid dienone is 1. The molecule has 0 spiro atoms. The van der Waals surface area contributed by atoms with E-state index in [1.54, 1.807) is 12.3 Å². The number of aromatic nitrogens is 1. The number of pyridine rings is 1. The number of halogens is 1. The molecule has 0 radical (unpaired) electrons. The molecule has 58 valence electrons. The van der Waals surface area contributed by atoms with Gasteiger partial charge in [-0.1, -0.05) is 12.6 Å². The van der Waals surface area contributed by atoms with Crippen LogP contribution in [0.5, 0.6) is 0 Å². The Hall–Kier alpha value is -1.18. The molecule has 0 aliphatic heterocycles. The summed E-state index contributed by atoms with van der Waals surface area (Å²) in [5.41, 5.74) is 2.38. The molecule has 0 fully saturated rings. The van der Waals surface area contributed by atoms with Crippen molar-refractivity contribution in [3.8, 4) is 0 Å². The lowest BCUT2D eigenvalue weighted by Crippen LogP contribution is -1.86. The molecule has 0 N–H and O–H groups in total. The molecule has 0 atom stereocenters. The summed E-state index contributed by atoms with van der Waals surface area (Å²) < 4.78 is 12.0. The van der Waals surface area contributed by atoms with Crippen molar-refractivity contribution in [2.45, 2.75) is 13.6 Å². The second-order valence-electron chi connectivity index (χ2n) is 2.45. The Bertz CT molecular complexity index is 251. The molecule has 2 heteroatoms. The third kappa shape index (κ3) is 1.87. The summed E-state index contributed by atoms with van der Waals surface area (Å²) in [6.07, 6.45) is 1.64. The summed E-state index contributed by atoms with van der Waals surface area (Å²) in [6, 6.07) is 3.49. The Morgan fingerprint density at radius 2 is 2.36 bits per heavy atom. The molecule has 0 saturated heterocycles. The predicted molar refractivity (Wildman–Crippen MR) is 43.8 cm³/mol. The fourth-order valence-corrected chi connectivity index (χ4v) is 0.756. The molecule has 0 aliphatic carbocycles. The van der Waals surface area contributed by atoms with Crippen LogP contribution in [0.4, 0.5) is 4.39 Å². The summed E-state index contributed by atoms with van der Waals surface area (Å²) in [5, 5.41) is 0. The smallest absolute Gasteiger partial charge is 0.131 e. The SMILES string of the molecule is C=C(C)c1ccc(CF)nc1. The van der Waals surface area contributed by atoms with Gasteiger partial charge in [0.25, 0.3) is 0 Å². The first-order valence-electron chi connectivity index (χ1n) is 3.41. The van der Waals surface area contributed by atoms with Crippen LogP contribution in [0.1, 0.15) is 18.2 Å². The summed E-state index contributed by atoms with van der Waals surface area (Å²) in [7, 11) is 0. The highest BCUT2D eigenvalue weighted by Crippen LogP contribution is 2.09. The van der Waals surface area contributed by atoms with Crippen molar-refractivity contribution in [3.63, 3.8) is 0 Å². The van der Waals surface area contributed by atoms with Gasteiger partial charge in [0.2, 0.25) is 0 Å². The molecule has 0 saturated carbocycles. The minimum Gasteiger partial charge on any atom is -0.258 e. The van der Waals surface area contributed by atoms with E-state index in [0.717, 1.165) is 11.1 Å². The normalized spacial score (nSPS) is 9.64. The minimum atomic E-state index is -0.504.